The predicted octanol–water partition coefficient (Wildman–Crippen LogP) is 1.14. The first kappa shape index (κ1) is 6.33. The van der Waals surface area contributed by atoms with Gasteiger partial charge in [0.05, 0.1) is 0 Å². The van der Waals surface area contributed by atoms with E-state index in [0.717, 1.165) is 5.70 Å². The predicted molar refractivity (Wildman–Crippen MR) is 35.8 cm³/mol. The first-order valence-corrected chi connectivity index (χ1v) is 3.06. The zero-order valence-corrected chi connectivity index (χ0v) is 6.06. The molecule has 1 heterocycles. The SMILES string of the molecule is CC1=C(C)N(C)C(=O)C1. The van der Waals surface area contributed by atoms with E-state index in [0.29, 0.717) is 6.42 Å². The van der Waals surface area contributed by atoms with Crippen LogP contribution in [0.3, 0.4) is 0 Å². The molecule has 2 heteroatoms. The molecule has 0 aromatic heterocycles. The second-order valence-electron chi connectivity index (χ2n) is 2.50. The van der Waals surface area contributed by atoms with Gasteiger partial charge in [-0.15, -0.1) is 0 Å². The van der Waals surface area contributed by atoms with Crippen molar-refractivity contribution in [2.24, 2.45) is 0 Å². The van der Waals surface area contributed by atoms with Gasteiger partial charge in [0.2, 0.25) is 5.91 Å². The lowest BCUT2D eigenvalue weighted by molar-refractivity contribution is -0.126. The second kappa shape index (κ2) is 1.87. The van der Waals surface area contributed by atoms with Crippen molar-refractivity contribution in [2.45, 2.75) is 20.3 Å². The number of hydrogen-bond acceptors (Lipinski definition) is 1. The number of hydrogen-bond donors (Lipinski definition) is 0. The molecule has 0 bridgehead atoms. The van der Waals surface area contributed by atoms with Crippen LogP contribution in [0.25, 0.3) is 0 Å². The molecule has 0 aromatic carbocycles. The third-order valence-corrected chi connectivity index (χ3v) is 1.91. The number of rotatable bonds is 0. The Kier molecular flexibility index (Phi) is 1.31. The second-order valence-corrected chi connectivity index (χ2v) is 2.50. The molecule has 0 N–H and O–H groups in total. The van der Waals surface area contributed by atoms with Crippen molar-refractivity contribution in [3.8, 4) is 0 Å². The third kappa shape index (κ3) is 0.846. The van der Waals surface area contributed by atoms with E-state index in [4.69, 9.17) is 0 Å². The highest BCUT2D eigenvalue weighted by molar-refractivity contribution is 5.83. The molecule has 0 aliphatic carbocycles. The monoisotopic (exact) mass is 125 g/mol. The maximum atomic E-state index is 10.9. The fourth-order valence-corrected chi connectivity index (χ4v) is 0.947. The highest BCUT2D eigenvalue weighted by atomic mass is 16.2. The molecule has 0 spiro atoms. The van der Waals surface area contributed by atoms with Gasteiger partial charge >= 0.3 is 0 Å². The summed E-state index contributed by atoms with van der Waals surface area (Å²) < 4.78 is 0. The van der Waals surface area contributed by atoms with Crippen molar-refractivity contribution < 1.29 is 4.79 Å². The quantitative estimate of drug-likeness (QED) is 0.475. The van der Waals surface area contributed by atoms with Gasteiger partial charge in [-0.2, -0.15) is 0 Å². The molecule has 1 amide bonds. The minimum absolute atomic E-state index is 0.213. The van der Waals surface area contributed by atoms with E-state index in [-0.39, 0.29) is 5.91 Å². The minimum atomic E-state index is 0.213. The summed E-state index contributed by atoms with van der Waals surface area (Å²) in [6.07, 6.45) is 0.613. The van der Waals surface area contributed by atoms with Gasteiger partial charge in [-0.05, 0) is 19.4 Å². The Labute approximate surface area is 55.2 Å². The lowest BCUT2D eigenvalue weighted by atomic mass is 10.2. The number of allylic oxidation sites excluding steroid dienone is 1. The number of amides is 1. The van der Waals surface area contributed by atoms with Crippen LogP contribution in [0.4, 0.5) is 0 Å². The van der Waals surface area contributed by atoms with E-state index >= 15 is 0 Å². The van der Waals surface area contributed by atoms with Crippen molar-refractivity contribution in [3.05, 3.63) is 11.3 Å². The van der Waals surface area contributed by atoms with Gasteiger partial charge in [-0.3, -0.25) is 4.79 Å². The Morgan fingerprint density at radius 3 is 2.11 bits per heavy atom. The Morgan fingerprint density at radius 2 is 2.00 bits per heavy atom. The summed E-state index contributed by atoms with van der Waals surface area (Å²) in [6, 6.07) is 0. The number of carbonyl (C=O) groups excluding carboxylic acids is 1. The third-order valence-electron chi connectivity index (χ3n) is 1.91. The molecule has 0 atom stereocenters. The van der Waals surface area contributed by atoms with Crippen LogP contribution in [0.2, 0.25) is 0 Å². The molecule has 0 saturated carbocycles. The molecule has 1 rings (SSSR count). The summed E-state index contributed by atoms with van der Waals surface area (Å²) in [6.45, 7) is 3.97. The Bertz CT molecular complexity index is 181. The molecular formula is C7H11NO. The molecule has 0 aromatic rings. The van der Waals surface area contributed by atoms with Crippen molar-refractivity contribution in [2.75, 3.05) is 7.05 Å². The summed E-state index contributed by atoms with van der Waals surface area (Å²) in [5.41, 5.74) is 2.31. The normalized spacial score (nSPS) is 19.9. The first-order chi connectivity index (χ1) is 4.13. The molecule has 0 saturated heterocycles. The standard InChI is InChI=1S/C7H11NO/c1-5-4-7(9)8(3)6(5)2/h4H2,1-3H3. The minimum Gasteiger partial charge on any atom is -0.319 e. The average Bonchev–Trinajstić information content (AvgIpc) is 1.98. The summed E-state index contributed by atoms with van der Waals surface area (Å²) in [4.78, 5) is 12.6. The number of carbonyl (C=O) groups is 1. The molecule has 0 unspecified atom stereocenters. The van der Waals surface area contributed by atoms with Gasteiger partial charge < -0.3 is 4.90 Å². The Morgan fingerprint density at radius 1 is 1.44 bits per heavy atom. The summed E-state index contributed by atoms with van der Waals surface area (Å²) >= 11 is 0. The topological polar surface area (TPSA) is 20.3 Å². The average molecular weight is 125 g/mol. The lowest BCUT2D eigenvalue weighted by Crippen LogP contribution is -2.17. The van der Waals surface area contributed by atoms with Gasteiger partial charge in [-0.1, -0.05) is 0 Å². The molecule has 2 nitrogen and oxygen atoms in total. The summed E-state index contributed by atoms with van der Waals surface area (Å²) in [5, 5.41) is 0. The van der Waals surface area contributed by atoms with Gasteiger partial charge in [-0.25, -0.2) is 0 Å². The molecule has 9 heavy (non-hydrogen) atoms. The van der Waals surface area contributed by atoms with Gasteiger partial charge in [0.15, 0.2) is 0 Å². The van der Waals surface area contributed by atoms with E-state index in [9.17, 15) is 4.79 Å². The zero-order valence-electron chi connectivity index (χ0n) is 6.06. The van der Waals surface area contributed by atoms with Crippen molar-refractivity contribution in [1.29, 1.82) is 0 Å². The first-order valence-electron chi connectivity index (χ1n) is 3.06. The smallest absolute Gasteiger partial charge is 0.230 e. The maximum absolute atomic E-state index is 10.9. The van der Waals surface area contributed by atoms with Crippen LogP contribution in [-0.2, 0) is 4.79 Å². The summed E-state index contributed by atoms with van der Waals surface area (Å²) in [7, 11) is 1.81. The van der Waals surface area contributed by atoms with Gasteiger partial charge in [0, 0.05) is 19.2 Å². The van der Waals surface area contributed by atoms with Crippen LogP contribution >= 0.6 is 0 Å². The van der Waals surface area contributed by atoms with Crippen molar-refractivity contribution >= 4 is 5.91 Å². The Balaban J connectivity index is 2.87. The highest BCUT2D eigenvalue weighted by Crippen LogP contribution is 2.20. The van der Waals surface area contributed by atoms with Crippen molar-refractivity contribution in [3.63, 3.8) is 0 Å². The molecule has 50 valence electrons. The zero-order chi connectivity index (χ0) is 7.02. The van der Waals surface area contributed by atoms with Gasteiger partial charge in [0.25, 0.3) is 0 Å². The molecule has 1 aliphatic heterocycles. The van der Waals surface area contributed by atoms with Crippen LogP contribution in [0, 0.1) is 0 Å². The van der Waals surface area contributed by atoms with Crippen molar-refractivity contribution in [1.82, 2.24) is 4.90 Å². The van der Waals surface area contributed by atoms with E-state index in [1.807, 2.05) is 20.9 Å². The van der Waals surface area contributed by atoms with Crippen LogP contribution in [0.15, 0.2) is 11.3 Å². The van der Waals surface area contributed by atoms with Crippen LogP contribution in [0.1, 0.15) is 20.3 Å². The fourth-order valence-electron chi connectivity index (χ4n) is 0.947. The lowest BCUT2D eigenvalue weighted by Gasteiger charge is -2.08. The van der Waals surface area contributed by atoms with Gasteiger partial charge in [0.1, 0.15) is 0 Å². The van der Waals surface area contributed by atoms with E-state index in [1.54, 1.807) is 4.90 Å². The fraction of sp³-hybridized carbons (Fsp3) is 0.571. The van der Waals surface area contributed by atoms with E-state index < -0.39 is 0 Å². The molecule has 0 radical (unpaired) electrons. The maximum Gasteiger partial charge on any atom is 0.230 e. The number of nitrogens with zero attached hydrogens (tertiary/aromatic N) is 1. The highest BCUT2D eigenvalue weighted by Gasteiger charge is 2.19. The largest absolute Gasteiger partial charge is 0.319 e. The Hall–Kier alpha value is -0.790. The van der Waals surface area contributed by atoms with Crippen LogP contribution < -0.4 is 0 Å². The van der Waals surface area contributed by atoms with E-state index in [1.165, 1.54) is 5.57 Å². The molecule has 1 aliphatic rings. The van der Waals surface area contributed by atoms with Crippen LogP contribution in [-0.4, -0.2) is 17.9 Å². The van der Waals surface area contributed by atoms with E-state index in [2.05, 4.69) is 0 Å². The molecule has 0 fully saturated rings. The molecular weight excluding hydrogens is 114 g/mol. The summed E-state index contributed by atoms with van der Waals surface area (Å²) in [5.74, 6) is 0.213. The van der Waals surface area contributed by atoms with Crippen LogP contribution in [0.5, 0.6) is 0 Å².